The number of hydrogen-bond acceptors (Lipinski definition) is 6. The van der Waals surface area contributed by atoms with Gasteiger partial charge in [-0.3, -0.25) is 13.9 Å². The van der Waals surface area contributed by atoms with Crippen LogP contribution in [0, 0.1) is 19.7 Å². The van der Waals surface area contributed by atoms with Crippen LogP contribution in [0.1, 0.15) is 35.6 Å². The minimum atomic E-state index is -4.37. The number of ether oxygens (including phenoxy) is 2. The number of carbonyl (C=O) groups excluding carboxylic acids is 2. The van der Waals surface area contributed by atoms with Crippen LogP contribution in [0.5, 0.6) is 11.5 Å². The Morgan fingerprint density at radius 1 is 0.833 bits per heavy atom. The Bertz CT molecular complexity index is 1800. The van der Waals surface area contributed by atoms with Crippen LogP contribution in [0.15, 0.2) is 95.9 Å². The van der Waals surface area contributed by atoms with Crippen molar-refractivity contribution in [1.29, 1.82) is 0 Å². The molecule has 0 aliphatic rings. The van der Waals surface area contributed by atoms with Crippen LogP contribution in [0.4, 0.5) is 10.1 Å². The maximum absolute atomic E-state index is 14.6. The molecule has 0 heterocycles. The van der Waals surface area contributed by atoms with Crippen molar-refractivity contribution in [2.24, 2.45) is 0 Å². The summed E-state index contributed by atoms with van der Waals surface area (Å²) in [4.78, 5) is 29.6. The summed E-state index contributed by atoms with van der Waals surface area (Å²) in [6.07, 6.45) is 0.856. The van der Waals surface area contributed by atoms with Crippen LogP contribution in [0.25, 0.3) is 0 Å². The van der Waals surface area contributed by atoms with E-state index in [1.807, 2.05) is 57.2 Å². The quantitative estimate of drug-likeness (QED) is 0.170. The lowest BCUT2D eigenvalue weighted by Crippen LogP contribution is -2.53. The average Bonchev–Trinajstić information content (AvgIpc) is 3.07. The number of aryl methyl sites for hydroxylation is 2. The Morgan fingerprint density at radius 3 is 2.08 bits per heavy atom. The van der Waals surface area contributed by atoms with Crippen molar-refractivity contribution in [3.05, 3.63) is 119 Å². The van der Waals surface area contributed by atoms with Crippen molar-refractivity contribution in [3.63, 3.8) is 0 Å². The van der Waals surface area contributed by atoms with Crippen molar-refractivity contribution >= 4 is 27.5 Å². The molecule has 1 N–H and O–H groups in total. The SMILES string of the molecule is CCCNC(=O)C(Cc1ccccc1)N(Cc1ccc(F)cc1)C(=O)CN(c1cc(C)cc(C)c1)S(=O)(=O)c1ccc(OC)c(OC)c1. The van der Waals surface area contributed by atoms with Crippen molar-refractivity contribution < 1.29 is 31.9 Å². The number of hydrogen-bond donors (Lipinski definition) is 1. The van der Waals surface area contributed by atoms with E-state index in [9.17, 15) is 22.4 Å². The van der Waals surface area contributed by atoms with Gasteiger partial charge in [-0.2, -0.15) is 0 Å². The highest BCUT2D eigenvalue weighted by Crippen LogP contribution is 2.33. The number of sulfonamides is 1. The second kappa shape index (κ2) is 16.3. The minimum Gasteiger partial charge on any atom is -0.493 e. The van der Waals surface area contributed by atoms with Gasteiger partial charge < -0.3 is 19.7 Å². The molecule has 0 saturated heterocycles. The minimum absolute atomic E-state index is 0.0623. The third kappa shape index (κ3) is 8.92. The highest BCUT2D eigenvalue weighted by molar-refractivity contribution is 7.92. The number of carbonyl (C=O) groups is 2. The van der Waals surface area contributed by atoms with E-state index in [-0.39, 0.29) is 35.2 Å². The van der Waals surface area contributed by atoms with Crippen LogP contribution >= 0.6 is 0 Å². The number of nitrogens with zero attached hydrogens (tertiary/aromatic N) is 2. The Balaban J connectivity index is 1.84. The Hall–Kier alpha value is -4.90. The van der Waals surface area contributed by atoms with E-state index in [1.54, 1.807) is 24.3 Å². The number of methoxy groups -OCH3 is 2. The molecule has 2 amide bonds. The first-order valence-electron chi connectivity index (χ1n) is 15.7. The highest BCUT2D eigenvalue weighted by atomic mass is 32.2. The zero-order chi connectivity index (χ0) is 34.8. The monoisotopic (exact) mass is 675 g/mol. The van der Waals surface area contributed by atoms with E-state index in [2.05, 4.69) is 5.32 Å². The summed E-state index contributed by atoms with van der Waals surface area (Å²) in [5, 5.41) is 2.91. The van der Waals surface area contributed by atoms with Crippen molar-refractivity contribution in [1.82, 2.24) is 10.2 Å². The zero-order valence-electron chi connectivity index (χ0n) is 27.9. The van der Waals surface area contributed by atoms with Gasteiger partial charge in [-0.15, -0.1) is 0 Å². The lowest BCUT2D eigenvalue weighted by atomic mass is 10.0. The zero-order valence-corrected chi connectivity index (χ0v) is 28.7. The molecule has 11 heteroatoms. The van der Waals surface area contributed by atoms with Crippen LogP contribution in [-0.2, 0) is 32.6 Å². The molecule has 0 aliphatic carbocycles. The third-order valence-corrected chi connectivity index (χ3v) is 9.57. The van der Waals surface area contributed by atoms with E-state index in [0.29, 0.717) is 24.3 Å². The largest absolute Gasteiger partial charge is 0.493 e. The summed E-state index contributed by atoms with van der Waals surface area (Å²) in [5.74, 6) is -0.885. The fourth-order valence-corrected chi connectivity index (χ4v) is 6.85. The van der Waals surface area contributed by atoms with E-state index >= 15 is 0 Å². The van der Waals surface area contributed by atoms with Crippen LogP contribution in [-0.4, -0.2) is 58.5 Å². The molecular weight excluding hydrogens is 633 g/mol. The van der Waals surface area contributed by atoms with Gasteiger partial charge in [0.05, 0.1) is 24.8 Å². The number of benzene rings is 4. The summed E-state index contributed by atoms with van der Waals surface area (Å²) in [6.45, 7) is 5.32. The van der Waals surface area contributed by atoms with E-state index in [1.165, 1.54) is 49.5 Å². The predicted octanol–water partition coefficient (Wildman–Crippen LogP) is 5.82. The fraction of sp³-hybridized carbons (Fsp3) is 0.297. The standard InChI is InChI=1S/C37H42FN3O6S/c1-6-18-39-37(43)33(22-28-10-8-7-9-11-28)40(24-29-12-14-30(38)15-13-29)36(42)25-41(31-20-26(2)19-27(3)21-31)48(44,45)32-16-17-34(46-4)35(23-32)47-5/h7-17,19-21,23,33H,6,18,22,24-25H2,1-5H3,(H,39,43). The molecule has 0 radical (unpaired) electrons. The molecule has 0 spiro atoms. The first-order valence-corrected chi connectivity index (χ1v) is 17.1. The summed E-state index contributed by atoms with van der Waals surface area (Å²) in [7, 11) is -1.52. The van der Waals surface area contributed by atoms with Gasteiger partial charge in [0.15, 0.2) is 11.5 Å². The molecular formula is C37H42FN3O6S. The molecule has 1 unspecified atom stereocenters. The second-order valence-corrected chi connectivity index (χ2v) is 13.4. The third-order valence-electron chi connectivity index (χ3n) is 7.80. The van der Waals surface area contributed by atoms with Gasteiger partial charge in [0, 0.05) is 25.6 Å². The molecule has 0 saturated carbocycles. The van der Waals surface area contributed by atoms with E-state index < -0.39 is 34.3 Å². The smallest absolute Gasteiger partial charge is 0.264 e. The summed E-state index contributed by atoms with van der Waals surface area (Å²) >= 11 is 0. The molecule has 4 rings (SSSR count). The van der Waals surface area contributed by atoms with Gasteiger partial charge in [-0.05, 0) is 78.9 Å². The van der Waals surface area contributed by atoms with E-state index in [4.69, 9.17) is 9.47 Å². The Kier molecular flexibility index (Phi) is 12.2. The molecule has 1 atom stereocenters. The average molecular weight is 676 g/mol. The maximum atomic E-state index is 14.6. The number of halogens is 1. The molecule has 0 aliphatic heterocycles. The topological polar surface area (TPSA) is 105 Å². The predicted molar refractivity (Wildman–Crippen MR) is 184 cm³/mol. The molecule has 4 aromatic carbocycles. The number of nitrogens with one attached hydrogen (secondary N) is 1. The second-order valence-electron chi connectivity index (χ2n) is 11.5. The van der Waals surface area contributed by atoms with Gasteiger partial charge in [-0.1, -0.05) is 55.5 Å². The Labute approximate surface area is 282 Å². The van der Waals surface area contributed by atoms with Crippen molar-refractivity contribution in [2.75, 3.05) is 31.6 Å². The van der Waals surface area contributed by atoms with Gasteiger partial charge in [-0.25, -0.2) is 12.8 Å². The molecule has 0 fully saturated rings. The normalized spacial score (nSPS) is 11.8. The molecule has 48 heavy (non-hydrogen) atoms. The number of anilines is 1. The molecule has 0 bridgehead atoms. The van der Waals surface area contributed by atoms with Gasteiger partial charge >= 0.3 is 0 Å². The van der Waals surface area contributed by atoms with Gasteiger partial charge in [0.25, 0.3) is 10.0 Å². The molecule has 0 aromatic heterocycles. The highest BCUT2D eigenvalue weighted by Gasteiger charge is 2.35. The lowest BCUT2D eigenvalue weighted by molar-refractivity contribution is -0.140. The first kappa shape index (κ1) is 35.9. The summed E-state index contributed by atoms with van der Waals surface area (Å²) < 4.78 is 54.5. The van der Waals surface area contributed by atoms with Crippen LogP contribution < -0.4 is 19.1 Å². The van der Waals surface area contributed by atoms with Gasteiger partial charge in [0.2, 0.25) is 11.8 Å². The molecule has 4 aromatic rings. The molecule has 254 valence electrons. The van der Waals surface area contributed by atoms with Crippen molar-refractivity contribution in [3.8, 4) is 11.5 Å². The Morgan fingerprint density at radius 2 is 1.48 bits per heavy atom. The van der Waals surface area contributed by atoms with Crippen LogP contribution in [0.2, 0.25) is 0 Å². The number of amides is 2. The summed E-state index contributed by atoms with van der Waals surface area (Å²) in [5.41, 5.74) is 3.28. The van der Waals surface area contributed by atoms with Crippen LogP contribution in [0.3, 0.4) is 0 Å². The first-order chi connectivity index (χ1) is 23.0. The summed E-state index contributed by atoms with van der Waals surface area (Å²) in [6, 6.07) is 23.5. The van der Waals surface area contributed by atoms with E-state index in [0.717, 1.165) is 21.0 Å². The fourth-order valence-electron chi connectivity index (χ4n) is 5.43. The van der Waals surface area contributed by atoms with Gasteiger partial charge in [0.1, 0.15) is 18.4 Å². The molecule has 9 nitrogen and oxygen atoms in total. The lowest BCUT2D eigenvalue weighted by Gasteiger charge is -2.34. The maximum Gasteiger partial charge on any atom is 0.264 e. The number of rotatable bonds is 15. The van der Waals surface area contributed by atoms with Crippen molar-refractivity contribution in [2.45, 2.75) is 51.1 Å².